The van der Waals surface area contributed by atoms with Gasteiger partial charge in [0.25, 0.3) is 5.69 Å². The summed E-state index contributed by atoms with van der Waals surface area (Å²) >= 11 is 0. The van der Waals surface area contributed by atoms with Crippen LogP contribution in [0, 0.1) is 30.9 Å². The van der Waals surface area contributed by atoms with Crippen molar-refractivity contribution >= 4 is 5.69 Å². The molecule has 104 valence electrons. The van der Waals surface area contributed by atoms with Crippen LogP contribution in [-0.4, -0.2) is 4.92 Å². The van der Waals surface area contributed by atoms with Crippen molar-refractivity contribution < 1.29 is 4.92 Å². The van der Waals surface area contributed by atoms with Crippen LogP contribution in [-0.2, 0) is 0 Å². The Morgan fingerprint density at radius 3 is 2.40 bits per heavy atom. The first-order valence-electron chi connectivity index (χ1n) is 6.47. The van der Waals surface area contributed by atoms with Crippen LogP contribution in [0.25, 0.3) is 0 Å². The van der Waals surface area contributed by atoms with E-state index >= 15 is 0 Å². The van der Waals surface area contributed by atoms with Crippen molar-refractivity contribution in [1.29, 1.82) is 0 Å². The topological polar surface area (TPSA) is 69.2 Å². The lowest BCUT2D eigenvalue weighted by molar-refractivity contribution is -0.385. The van der Waals surface area contributed by atoms with E-state index in [4.69, 9.17) is 5.73 Å². The molecule has 2 aromatic rings. The molecular weight excluding hydrogens is 252 g/mol. The second-order valence-electron chi connectivity index (χ2n) is 5.20. The third-order valence-electron chi connectivity index (χ3n) is 3.42. The van der Waals surface area contributed by atoms with Gasteiger partial charge < -0.3 is 5.73 Å². The van der Waals surface area contributed by atoms with E-state index in [0.717, 1.165) is 27.8 Å². The molecule has 2 rings (SSSR count). The first kappa shape index (κ1) is 14.2. The molecule has 0 aliphatic carbocycles. The number of nitrogens with zero attached hydrogens (tertiary/aromatic N) is 1. The molecule has 1 atom stereocenters. The first-order valence-corrected chi connectivity index (χ1v) is 6.47. The van der Waals surface area contributed by atoms with Crippen LogP contribution in [0.2, 0.25) is 0 Å². The van der Waals surface area contributed by atoms with Gasteiger partial charge in [0.15, 0.2) is 0 Å². The molecule has 0 heterocycles. The highest BCUT2D eigenvalue weighted by Crippen LogP contribution is 2.27. The maximum atomic E-state index is 11.0. The molecule has 4 heteroatoms. The van der Waals surface area contributed by atoms with Crippen LogP contribution in [0.4, 0.5) is 5.69 Å². The van der Waals surface area contributed by atoms with Gasteiger partial charge in [-0.2, -0.15) is 0 Å². The van der Waals surface area contributed by atoms with E-state index in [0.29, 0.717) is 0 Å². The Balaban J connectivity index is 2.50. The van der Waals surface area contributed by atoms with E-state index in [1.165, 1.54) is 0 Å². The van der Waals surface area contributed by atoms with Crippen molar-refractivity contribution in [3.8, 4) is 0 Å². The molecule has 0 saturated heterocycles. The minimum atomic E-state index is -0.383. The summed E-state index contributed by atoms with van der Waals surface area (Å²) in [5.41, 5.74) is 11.2. The van der Waals surface area contributed by atoms with Crippen LogP contribution in [0.15, 0.2) is 36.4 Å². The smallest absolute Gasteiger partial charge is 0.270 e. The summed E-state index contributed by atoms with van der Waals surface area (Å²) in [5.74, 6) is 0. The van der Waals surface area contributed by atoms with E-state index in [9.17, 15) is 10.1 Å². The zero-order valence-electron chi connectivity index (χ0n) is 11.9. The fourth-order valence-electron chi connectivity index (χ4n) is 2.35. The van der Waals surface area contributed by atoms with E-state index in [2.05, 4.69) is 0 Å². The molecule has 20 heavy (non-hydrogen) atoms. The molecule has 0 radical (unpaired) electrons. The zero-order valence-corrected chi connectivity index (χ0v) is 11.9. The van der Waals surface area contributed by atoms with Gasteiger partial charge in [0.05, 0.1) is 11.0 Å². The van der Waals surface area contributed by atoms with Crippen LogP contribution >= 0.6 is 0 Å². The van der Waals surface area contributed by atoms with Gasteiger partial charge in [-0.3, -0.25) is 10.1 Å². The molecule has 4 nitrogen and oxygen atoms in total. The molecule has 0 fully saturated rings. The SMILES string of the molecule is Cc1cc(C(N)c2cc(C)ccc2C)cc([N+](=O)[O-])c1. The second-order valence-corrected chi connectivity index (χ2v) is 5.20. The minimum absolute atomic E-state index is 0.0840. The van der Waals surface area contributed by atoms with Gasteiger partial charge in [0.1, 0.15) is 0 Å². The lowest BCUT2D eigenvalue weighted by Crippen LogP contribution is -2.14. The van der Waals surface area contributed by atoms with Crippen molar-refractivity contribution in [2.45, 2.75) is 26.8 Å². The number of hydrogen-bond donors (Lipinski definition) is 1. The van der Waals surface area contributed by atoms with Crippen LogP contribution in [0.1, 0.15) is 33.9 Å². The average molecular weight is 270 g/mol. The maximum absolute atomic E-state index is 11.0. The molecule has 2 N–H and O–H groups in total. The highest BCUT2D eigenvalue weighted by Gasteiger charge is 2.16. The number of hydrogen-bond acceptors (Lipinski definition) is 3. The van der Waals surface area contributed by atoms with Crippen LogP contribution in [0.5, 0.6) is 0 Å². The molecule has 0 bridgehead atoms. The Hall–Kier alpha value is -2.20. The number of non-ortho nitro benzene ring substituents is 1. The molecular formula is C16H18N2O2. The number of nitrogens with two attached hydrogens (primary N) is 1. The van der Waals surface area contributed by atoms with E-state index in [-0.39, 0.29) is 16.7 Å². The molecule has 0 aromatic heterocycles. The molecule has 0 spiro atoms. The molecule has 2 aromatic carbocycles. The Morgan fingerprint density at radius 2 is 1.75 bits per heavy atom. The quantitative estimate of drug-likeness (QED) is 0.684. The van der Waals surface area contributed by atoms with Gasteiger partial charge in [0, 0.05) is 12.1 Å². The molecule has 0 aliphatic heterocycles. The summed E-state index contributed by atoms with van der Waals surface area (Å²) in [6.45, 7) is 5.85. The van der Waals surface area contributed by atoms with E-state index in [1.807, 2.05) is 45.0 Å². The van der Waals surface area contributed by atoms with Crippen LogP contribution in [0.3, 0.4) is 0 Å². The first-order chi connectivity index (χ1) is 9.38. The van der Waals surface area contributed by atoms with Crippen molar-refractivity contribution in [2.24, 2.45) is 5.73 Å². The summed E-state index contributed by atoms with van der Waals surface area (Å²) in [6, 6.07) is 10.7. The summed E-state index contributed by atoms with van der Waals surface area (Å²) in [6.07, 6.45) is 0. The molecule has 0 amide bonds. The summed E-state index contributed by atoms with van der Waals surface area (Å²) in [4.78, 5) is 10.6. The Kier molecular flexibility index (Phi) is 3.86. The standard InChI is InChI=1S/C16H18N2O2/c1-10-4-5-12(3)15(8-10)16(17)13-6-11(2)7-14(9-13)18(19)20/h4-9,16H,17H2,1-3H3. The van der Waals surface area contributed by atoms with Gasteiger partial charge in [-0.25, -0.2) is 0 Å². The van der Waals surface area contributed by atoms with Crippen molar-refractivity contribution in [3.63, 3.8) is 0 Å². The monoisotopic (exact) mass is 270 g/mol. The number of nitro groups is 1. The van der Waals surface area contributed by atoms with Gasteiger partial charge >= 0.3 is 0 Å². The third-order valence-corrected chi connectivity index (χ3v) is 3.42. The number of benzene rings is 2. The highest BCUT2D eigenvalue weighted by molar-refractivity contribution is 5.45. The molecule has 1 unspecified atom stereocenters. The number of rotatable bonds is 3. The molecule has 0 saturated carbocycles. The van der Waals surface area contributed by atoms with Crippen molar-refractivity contribution in [3.05, 3.63) is 74.3 Å². The summed E-state index contributed by atoms with van der Waals surface area (Å²) in [7, 11) is 0. The minimum Gasteiger partial charge on any atom is -0.320 e. The summed E-state index contributed by atoms with van der Waals surface area (Å²) in [5, 5.41) is 11.0. The van der Waals surface area contributed by atoms with Crippen LogP contribution < -0.4 is 5.73 Å². The zero-order chi connectivity index (χ0) is 14.9. The fraction of sp³-hybridized carbons (Fsp3) is 0.250. The fourth-order valence-corrected chi connectivity index (χ4v) is 2.35. The Labute approximate surface area is 118 Å². The van der Waals surface area contributed by atoms with Crippen molar-refractivity contribution in [1.82, 2.24) is 0 Å². The normalized spacial score (nSPS) is 12.2. The van der Waals surface area contributed by atoms with E-state index < -0.39 is 0 Å². The van der Waals surface area contributed by atoms with Gasteiger partial charge in [0.2, 0.25) is 0 Å². The number of nitro benzene ring substituents is 1. The highest BCUT2D eigenvalue weighted by atomic mass is 16.6. The average Bonchev–Trinajstić information content (AvgIpc) is 2.40. The number of aryl methyl sites for hydroxylation is 3. The predicted octanol–water partition coefficient (Wildman–Crippen LogP) is 3.57. The predicted molar refractivity (Wildman–Crippen MR) is 79.8 cm³/mol. The molecule has 0 aliphatic rings. The van der Waals surface area contributed by atoms with Gasteiger partial charge in [-0.1, -0.05) is 29.8 Å². The lowest BCUT2D eigenvalue weighted by Gasteiger charge is -2.16. The van der Waals surface area contributed by atoms with Gasteiger partial charge in [-0.05, 0) is 43.0 Å². The second kappa shape index (κ2) is 5.43. The third kappa shape index (κ3) is 2.86. The van der Waals surface area contributed by atoms with Gasteiger partial charge in [-0.15, -0.1) is 0 Å². The largest absolute Gasteiger partial charge is 0.320 e. The van der Waals surface area contributed by atoms with E-state index in [1.54, 1.807) is 12.1 Å². The lowest BCUT2D eigenvalue weighted by atomic mass is 9.93. The maximum Gasteiger partial charge on any atom is 0.270 e. The Bertz CT molecular complexity index is 666. The van der Waals surface area contributed by atoms with Crippen molar-refractivity contribution in [2.75, 3.05) is 0 Å². The Morgan fingerprint density at radius 1 is 1.05 bits per heavy atom. The summed E-state index contributed by atoms with van der Waals surface area (Å²) < 4.78 is 0.